The van der Waals surface area contributed by atoms with E-state index in [1.807, 2.05) is 18.2 Å². The average molecular weight is 559 g/mol. The van der Waals surface area contributed by atoms with Crippen LogP contribution in [0, 0.1) is 0 Å². The Bertz CT molecular complexity index is 1370. The van der Waals surface area contributed by atoms with Crippen molar-refractivity contribution in [1.82, 2.24) is 5.32 Å². The van der Waals surface area contributed by atoms with Crippen LogP contribution >= 0.6 is 35.4 Å². The number of benzene rings is 3. The molecule has 1 aliphatic heterocycles. The Morgan fingerprint density at radius 1 is 0.973 bits per heavy atom. The Morgan fingerprint density at radius 3 is 2.27 bits per heavy atom. The van der Waals surface area contributed by atoms with E-state index in [1.54, 1.807) is 43.4 Å². The lowest BCUT2D eigenvalue weighted by Crippen LogP contribution is -2.47. The van der Waals surface area contributed by atoms with E-state index in [-0.39, 0.29) is 11.0 Å². The number of methoxy groups -OCH3 is 3. The van der Waals surface area contributed by atoms with Gasteiger partial charge in [-0.05, 0) is 36.5 Å². The lowest BCUT2D eigenvalue weighted by Gasteiger charge is -2.22. The fraction of sp³-hybridized carbons (Fsp3) is 0.192. The number of hydrogen-bond acceptors (Lipinski definition) is 6. The zero-order chi connectivity index (χ0) is 26.7. The van der Waals surface area contributed by atoms with Crippen molar-refractivity contribution in [1.29, 1.82) is 0 Å². The number of nitrogens with one attached hydrogen (secondary N) is 2. The Balaban J connectivity index is 1.71. The average Bonchev–Trinajstić information content (AvgIpc) is 2.98. The number of amides is 1. The van der Waals surface area contributed by atoms with Crippen LogP contribution in [0.25, 0.3) is 0 Å². The highest BCUT2D eigenvalue weighted by Crippen LogP contribution is 2.40. The number of likely N-dealkylation sites (N-methyl/N-ethyl adjacent to an activating group) is 1. The molecule has 0 radical (unpaired) electrons. The van der Waals surface area contributed by atoms with Crippen molar-refractivity contribution in [3.8, 4) is 17.2 Å². The molecule has 11 heteroatoms. The van der Waals surface area contributed by atoms with Crippen LogP contribution in [0.4, 0.5) is 11.4 Å². The molecule has 192 valence electrons. The Labute approximate surface area is 230 Å². The largest absolute Gasteiger partial charge is 0.493 e. The Morgan fingerprint density at radius 2 is 1.65 bits per heavy atom. The summed E-state index contributed by atoms with van der Waals surface area (Å²) in [5, 5.41) is 7.22. The molecule has 0 saturated heterocycles. The summed E-state index contributed by atoms with van der Waals surface area (Å²) in [5.41, 5.74) is 3.04. The third-order valence-electron chi connectivity index (χ3n) is 5.72. The highest BCUT2D eigenvalue weighted by Gasteiger charge is 2.31. The first kappa shape index (κ1) is 26.5. The van der Waals surface area contributed by atoms with Gasteiger partial charge in [-0.25, -0.2) is 4.99 Å². The molecule has 3 aromatic rings. The molecule has 0 fully saturated rings. The number of thiocarbonyl (C=S) groups is 1. The first-order chi connectivity index (χ1) is 17.8. The molecule has 0 spiro atoms. The zero-order valence-corrected chi connectivity index (χ0v) is 22.8. The zero-order valence-electron chi connectivity index (χ0n) is 20.5. The Hall–Kier alpha value is -3.53. The van der Waals surface area contributed by atoms with Crippen LogP contribution in [-0.4, -0.2) is 51.3 Å². The molecule has 1 amide bonds. The van der Waals surface area contributed by atoms with Gasteiger partial charge in [-0.3, -0.25) is 4.79 Å². The SMILES string of the molecule is COc1cc(NC(=S)NC2N=C(c3ccccc3Cl)c3cc(Cl)ccc3N(C)C2=O)cc(OC)c1OC. The smallest absolute Gasteiger partial charge is 0.272 e. The summed E-state index contributed by atoms with van der Waals surface area (Å²) < 4.78 is 16.2. The molecule has 2 N–H and O–H groups in total. The van der Waals surface area contributed by atoms with Crippen LogP contribution in [0.1, 0.15) is 11.1 Å². The highest BCUT2D eigenvalue weighted by molar-refractivity contribution is 7.80. The maximum Gasteiger partial charge on any atom is 0.272 e. The Kier molecular flexibility index (Phi) is 8.06. The van der Waals surface area contributed by atoms with Gasteiger partial charge in [0.1, 0.15) is 0 Å². The van der Waals surface area contributed by atoms with Gasteiger partial charge >= 0.3 is 0 Å². The van der Waals surface area contributed by atoms with E-state index in [0.717, 1.165) is 0 Å². The normalized spacial score (nSPS) is 14.8. The molecule has 1 aliphatic rings. The highest BCUT2D eigenvalue weighted by atomic mass is 35.5. The summed E-state index contributed by atoms with van der Waals surface area (Å²) in [6, 6.07) is 15.9. The summed E-state index contributed by atoms with van der Waals surface area (Å²) in [6.45, 7) is 0. The molecule has 37 heavy (non-hydrogen) atoms. The second-order valence-corrected chi connectivity index (χ2v) is 9.18. The lowest BCUT2D eigenvalue weighted by atomic mass is 10.00. The molecule has 1 unspecified atom stereocenters. The third kappa shape index (κ3) is 5.44. The van der Waals surface area contributed by atoms with E-state index >= 15 is 0 Å². The molecule has 0 aromatic heterocycles. The van der Waals surface area contributed by atoms with Crippen molar-refractivity contribution in [2.45, 2.75) is 6.17 Å². The van der Waals surface area contributed by atoms with E-state index in [1.165, 1.54) is 26.2 Å². The quantitative estimate of drug-likeness (QED) is 0.405. The first-order valence-electron chi connectivity index (χ1n) is 11.0. The van der Waals surface area contributed by atoms with Gasteiger partial charge in [0.15, 0.2) is 16.6 Å². The monoisotopic (exact) mass is 558 g/mol. The van der Waals surface area contributed by atoms with Gasteiger partial charge in [-0.1, -0.05) is 41.4 Å². The fourth-order valence-corrected chi connectivity index (χ4v) is 4.58. The molecule has 0 saturated carbocycles. The van der Waals surface area contributed by atoms with Gasteiger partial charge in [0.05, 0.1) is 32.7 Å². The van der Waals surface area contributed by atoms with Gasteiger partial charge in [0.25, 0.3) is 5.91 Å². The van der Waals surface area contributed by atoms with Crippen molar-refractivity contribution < 1.29 is 19.0 Å². The number of fused-ring (bicyclic) bond motifs is 1. The summed E-state index contributed by atoms with van der Waals surface area (Å²) in [6.07, 6.45) is -1.05. The second kappa shape index (κ2) is 11.2. The van der Waals surface area contributed by atoms with Crippen LogP contribution in [0.2, 0.25) is 10.0 Å². The summed E-state index contributed by atoms with van der Waals surface area (Å²) >= 11 is 18.4. The molecule has 8 nitrogen and oxygen atoms in total. The topological polar surface area (TPSA) is 84.4 Å². The summed E-state index contributed by atoms with van der Waals surface area (Å²) in [7, 11) is 6.23. The molecule has 0 aliphatic carbocycles. The summed E-state index contributed by atoms with van der Waals surface area (Å²) in [5.74, 6) is 1.02. The minimum Gasteiger partial charge on any atom is -0.493 e. The van der Waals surface area contributed by atoms with Gasteiger partial charge in [0.2, 0.25) is 11.9 Å². The first-order valence-corrected chi connectivity index (χ1v) is 12.2. The number of anilines is 2. The molecule has 3 aromatic carbocycles. The standard InChI is InChI=1S/C26H24Cl2N4O4S/c1-32-19-10-9-14(27)11-17(19)22(16-7-5-6-8-18(16)28)30-24(25(32)33)31-26(37)29-15-12-20(34-2)23(36-4)21(13-15)35-3/h5-13,24H,1-4H3,(H2,29,31,37). The molecule has 4 rings (SSSR count). The molecular weight excluding hydrogens is 535 g/mol. The maximum atomic E-state index is 13.5. The number of benzodiazepines with no additional fused rings is 1. The van der Waals surface area contributed by atoms with E-state index in [2.05, 4.69) is 10.6 Å². The second-order valence-electron chi connectivity index (χ2n) is 7.93. The lowest BCUT2D eigenvalue weighted by molar-refractivity contribution is -0.119. The predicted molar refractivity (Wildman–Crippen MR) is 151 cm³/mol. The number of nitrogens with zero attached hydrogens (tertiary/aromatic N) is 2. The number of aliphatic imine (C=N–C) groups is 1. The summed E-state index contributed by atoms with van der Waals surface area (Å²) in [4.78, 5) is 19.8. The van der Waals surface area contributed by atoms with E-state index in [4.69, 9.17) is 54.6 Å². The van der Waals surface area contributed by atoms with Crippen molar-refractivity contribution in [3.05, 3.63) is 75.8 Å². The molecule has 1 atom stereocenters. The molecule has 1 heterocycles. The third-order valence-corrected chi connectivity index (χ3v) is 6.50. The van der Waals surface area contributed by atoms with Crippen LogP contribution in [0.5, 0.6) is 17.2 Å². The van der Waals surface area contributed by atoms with Gasteiger partial charge in [-0.15, -0.1) is 0 Å². The van der Waals surface area contributed by atoms with Crippen LogP contribution < -0.4 is 29.7 Å². The van der Waals surface area contributed by atoms with Crippen molar-refractivity contribution >= 4 is 63.5 Å². The number of carbonyl (C=O) groups excluding carboxylic acids is 1. The molecular formula is C26H24Cl2N4O4S. The molecule has 0 bridgehead atoms. The van der Waals surface area contributed by atoms with Crippen molar-refractivity contribution in [2.24, 2.45) is 4.99 Å². The number of halogens is 2. The van der Waals surface area contributed by atoms with Crippen LogP contribution in [0.3, 0.4) is 0 Å². The minimum absolute atomic E-state index is 0.160. The minimum atomic E-state index is -1.05. The van der Waals surface area contributed by atoms with Crippen molar-refractivity contribution in [2.75, 3.05) is 38.6 Å². The number of rotatable bonds is 6. The van der Waals surface area contributed by atoms with E-state index in [0.29, 0.717) is 55.5 Å². The number of hydrogen-bond donors (Lipinski definition) is 2. The maximum absolute atomic E-state index is 13.5. The number of ether oxygens (including phenoxy) is 3. The van der Waals surface area contributed by atoms with E-state index < -0.39 is 6.17 Å². The van der Waals surface area contributed by atoms with Crippen LogP contribution in [-0.2, 0) is 4.79 Å². The predicted octanol–water partition coefficient (Wildman–Crippen LogP) is 5.15. The van der Waals surface area contributed by atoms with Gasteiger partial charge < -0.3 is 29.7 Å². The van der Waals surface area contributed by atoms with Gasteiger partial charge in [-0.2, -0.15) is 0 Å². The number of carbonyl (C=O) groups is 1. The fourth-order valence-electron chi connectivity index (χ4n) is 3.95. The van der Waals surface area contributed by atoms with E-state index in [9.17, 15) is 4.79 Å². The van der Waals surface area contributed by atoms with Crippen LogP contribution in [0.15, 0.2) is 59.6 Å². The van der Waals surface area contributed by atoms with Crippen molar-refractivity contribution in [3.63, 3.8) is 0 Å². The van der Waals surface area contributed by atoms with Gasteiger partial charge in [0, 0.05) is 46.0 Å².